The van der Waals surface area contributed by atoms with Crippen molar-refractivity contribution in [3.63, 3.8) is 0 Å². The second kappa shape index (κ2) is 9.95. The summed E-state index contributed by atoms with van der Waals surface area (Å²) in [6, 6.07) is 9.44. The third-order valence-electron chi connectivity index (χ3n) is 3.39. The van der Waals surface area contributed by atoms with E-state index in [1.807, 2.05) is 0 Å². The molecule has 114 valence electrons. The largest absolute Gasteiger partial charge is 0.382 e. The monoisotopic (exact) mass is 277 g/mol. The minimum absolute atomic E-state index is 0.411. The Labute approximate surface area is 124 Å². The lowest BCUT2D eigenvalue weighted by Crippen LogP contribution is -2.23. The molecular weight excluding hydrogens is 246 g/mol. The van der Waals surface area contributed by atoms with Crippen molar-refractivity contribution in [1.29, 1.82) is 0 Å². The maximum Gasteiger partial charge on any atom is 0.0484 e. The van der Waals surface area contributed by atoms with Gasteiger partial charge in [-0.25, -0.2) is 0 Å². The fourth-order valence-corrected chi connectivity index (χ4v) is 2.46. The number of benzene rings is 1. The van der Waals surface area contributed by atoms with Crippen molar-refractivity contribution in [1.82, 2.24) is 5.32 Å². The smallest absolute Gasteiger partial charge is 0.0484 e. The summed E-state index contributed by atoms with van der Waals surface area (Å²) in [4.78, 5) is 0. The highest BCUT2D eigenvalue weighted by Gasteiger charge is 2.11. The minimum atomic E-state index is 0.411. The molecular formula is C18H31NO. The second-order valence-electron chi connectivity index (χ2n) is 5.84. The molecule has 0 aliphatic rings. The Kier molecular flexibility index (Phi) is 8.56. The molecule has 0 fully saturated rings. The van der Waals surface area contributed by atoms with Gasteiger partial charge in [0.05, 0.1) is 0 Å². The molecule has 20 heavy (non-hydrogen) atoms. The Morgan fingerprint density at radius 3 is 2.65 bits per heavy atom. The van der Waals surface area contributed by atoms with Gasteiger partial charge in [0.15, 0.2) is 0 Å². The third kappa shape index (κ3) is 6.53. The van der Waals surface area contributed by atoms with E-state index < -0.39 is 0 Å². The lowest BCUT2D eigenvalue weighted by atomic mass is 9.97. The molecule has 1 aromatic carbocycles. The fourth-order valence-electron chi connectivity index (χ4n) is 2.46. The van der Waals surface area contributed by atoms with Crippen LogP contribution in [-0.2, 0) is 11.2 Å². The summed E-state index contributed by atoms with van der Waals surface area (Å²) in [7, 11) is 0. The van der Waals surface area contributed by atoms with Crippen molar-refractivity contribution in [3.05, 3.63) is 35.4 Å². The van der Waals surface area contributed by atoms with Crippen LogP contribution < -0.4 is 5.32 Å². The fraction of sp³-hybridized carbons (Fsp3) is 0.667. The number of ether oxygens (including phenoxy) is 1. The third-order valence-corrected chi connectivity index (χ3v) is 3.39. The summed E-state index contributed by atoms with van der Waals surface area (Å²) in [6.45, 7) is 11.5. The molecule has 2 nitrogen and oxygen atoms in total. The topological polar surface area (TPSA) is 21.3 Å². The van der Waals surface area contributed by atoms with Gasteiger partial charge in [-0.15, -0.1) is 0 Å². The molecule has 0 saturated carbocycles. The average Bonchev–Trinajstić information content (AvgIpc) is 2.42. The van der Waals surface area contributed by atoms with Crippen LogP contribution in [0, 0.1) is 5.92 Å². The van der Waals surface area contributed by atoms with Crippen LogP contribution in [0.15, 0.2) is 24.3 Å². The number of nitrogens with one attached hydrogen (secondary N) is 1. The van der Waals surface area contributed by atoms with Crippen molar-refractivity contribution in [2.24, 2.45) is 5.92 Å². The summed E-state index contributed by atoms with van der Waals surface area (Å²) in [5.41, 5.74) is 2.84. The predicted molar refractivity (Wildman–Crippen MR) is 87.1 cm³/mol. The van der Waals surface area contributed by atoms with Crippen LogP contribution in [-0.4, -0.2) is 19.8 Å². The van der Waals surface area contributed by atoms with Crippen molar-refractivity contribution < 1.29 is 4.74 Å². The molecule has 0 heterocycles. The zero-order chi connectivity index (χ0) is 14.8. The number of rotatable bonds is 10. The number of hydrogen-bond acceptors (Lipinski definition) is 2. The van der Waals surface area contributed by atoms with Gasteiger partial charge in [-0.3, -0.25) is 0 Å². The summed E-state index contributed by atoms with van der Waals surface area (Å²) in [6.07, 6.45) is 3.36. The normalized spacial score (nSPS) is 12.8. The van der Waals surface area contributed by atoms with E-state index in [0.29, 0.717) is 12.0 Å². The molecule has 1 unspecified atom stereocenters. The Morgan fingerprint density at radius 1 is 1.20 bits per heavy atom. The SMILES string of the molecule is CCCNC(CCOCC)c1cccc(CC(C)C)c1. The summed E-state index contributed by atoms with van der Waals surface area (Å²) < 4.78 is 5.52. The van der Waals surface area contributed by atoms with Crippen molar-refractivity contribution >= 4 is 0 Å². The van der Waals surface area contributed by atoms with Crippen LogP contribution in [0.5, 0.6) is 0 Å². The quantitative estimate of drug-likeness (QED) is 0.642. The zero-order valence-corrected chi connectivity index (χ0v) is 13.6. The summed E-state index contributed by atoms with van der Waals surface area (Å²) >= 11 is 0. The molecule has 1 N–H and O–H groups in total. The van der Waals surface area contributed by atoms with Crippen LogP contribution in [0.4, 0.5) is 0 Å². The molecule has 0 saturated heterocycles. The molecule has 0 bridgehead atoms. The van der Waals surface area contributed by atoms with Crippen molar-refractivity contribution in [2.45, 2.75) is 53.0 Å². The van der Waals surface area contributed by atoms with E-state index in [-0.39, 0.29) is 0 Å². The van der Waals surface area contributed by atoms with Gasteiger partial charge >= 0.3 is 0 Å². The van der Waals surface area contributed by atoms with E-state index in [1.54, 1.807) is 0 Å². The van der Waals surface area contributed by atoms with Crippen LogP contribution in [0.2, 0.25) is 0 Å². The Balaban J connectivity index is 2.71. The average molecular weight is 277 g/mol. The standard InChI is InChI=1S/C18H31NO/c1-5-11-19-18(10-12-20-6-2)17-9-7-8-16(14-17)13-15(3)4/h7-9,14-15,18-19H,5-6,10-13H2,1-4H3. The molecule has 0 amide bonds. The van der Waals surface area contributed by atoms with Gasteiger partial charge in [-0.1, -0.05) is 45.0 Å². The molecule has 0 aromatic heterocycles. The van der Waals surface area contributed by atoms with Gasteiger partial charge in [0, 0.05) is 19.3 Å². The van der Waals surface area contributed by atoms with Crippen LogP contribution in [0.3, 0.4) is 0 Å². The molecule has 0 spiro atoms. The molecule has 1 rings (SSSR count). The van der Waals surface area contributed by atoms with Gasteiger partial charge in [-0.05, 0) is 49.8 Å². The highest BCUT2D eigenvalue weighted by Crippen LogP contribution is 2.20. The van der Waals surface area contributed by atoms with Gasteiger partial charge in [-0.2, -0.15) is 0 Å². The zero-order valence-electron chi connectivity index (χ0n) is 13.6. The van der Waals surface area contributed by atoms with Gasteiger partial charge in [0.1, 0.15) is 0 Å². The van der Waals surface area contributed by atoms with Crippen LogP contribution >= 0.6 is 0 Å². The van der Waals surface area contributed by atoms with Gasteiger partial charge in [0.25, 0.3) is 0 Å². The van der Waals surface area contributed by atoms with E-state index in [9.17, 15) is 0 Å². The summed E-state index contributed by atoms with van der Waals surface area (Å²) in [5, 5.41) is 3.65. The molecule has 1 atom stereocenters. The lowest BCUT2D eigenvalue weighted by Gasteiger charge is -2.20. The highest BCUT2D eigenvalue weighted by atomic mass is 16.5. The highest BCUT2D eigenvalue weighted by molar-refractivity contribution is 5.26. The Hall–Kier alpha value is -0.860. The van der Waals surface area contributed by atoms with E-state index in [0.717, 1.165) is 39.0 Å². The van der Waals surface area contributed by atoms with E-state index in [4.69, 9.17) is 4.74 Å². The van der Waals surface area contributed by atoms with Crippen molar-refractivity contribution in [2.75, 3.05) is 19.8 Å². The minimum Gasteiger partial charge on any atom is -0.382 e. The van der Waals surface area contributed by atoms with E-state index in [2.05, 4.69) is 57.3 Å². The second-order valence-corrected chi connectivity index (χ2v) is 5.84. The first-order valence-corrected chi connectivity index (χ1v) is 8.07. The van der Waals surface area contributed by atoms with Crippen LogP contribution in [0.1, 0.15) is 57.7 Å². The Morgan fingerprint density at radius 2 is 2.00 bits per heavy atom. The molecule has 0 aliphatic carbocycles. The predicted octanol–water partition coefficient (Wildman–Crippen LogP) is 4.35. The maximum absolute atomic E-state index is 5.52. The van der Waals surface area contributed by atoms with Gasteiger partial charge in [0.2, 0.25) is 0 Å². The number of hydrogen-bond donors (Lipinski definition) is 1. The van der Waals surface area contributed by atoms with Crippen molar-refractivity contribution in [3.8, 4) is 0 Å². The molecule has 2 heteroatoms. The summed E-state index contributed by atoms with van der Waals surface area (Å²) in [5.74, 6) is 0.704. The molecule has 1 aromatic rings. The van der Waals surface area contributed by atoms with E-state index in [1.165, 1.54) is 11.1 Å². The van der Waals surface area contributed by atoms with E-state index >= 15 is 0 Å². The van der Waals surface area contributed by atoms with Gasteiger partial charge < -0.3 is 10.1 Å². The lowest BCUT2D eigenvalue weighted by molar-refractivity contribution is 0.136. The van der Waals surface area contributed by atoms with Crippen LogP contribution in [0.25, 0.3) is 0 Å². The first-order valence-electron chi connectivity index (χ1n) is 8.07. The first kappa shape index (κ1) is 17.2. The molecule has 0 radical (unpaired) electrons. The maximum atomic E-state index is 5.52. The first-order chi connectivity index (χ1) is 9.67. The Bertz CT molecular complexity index is 362. The molecule has 0 aliphatic heterocycles.